The first kappa shape index (κ1) is 20.4. The average molecular weight is 401 g/mol. The molecule has 0 radical (unpaired) electrons. The zero-order valence-corrected chi connectivity index (χ0v) is 17.2. The van der Waals surface area contributed by atoms with Crippen LogP contribution in [0.4, 0.5) is 5.69 Å². The molecule has 0 bridgehead atoms. The topological polar surface area (TPSA) is 74.8 Å². The van der Waals surface area contributed by atoms with Gasteiger partial charge >= 0.3 is 0 Å². The maximum Gasteiger partial charge on any atom is 0.253 e. The van der Waals surface area contributed by atoms with Gasteiger partial charge in [-0.3, -0.25) is 9.79 Å². The van der Waals surface area contributed by atoms with Gasteiger partial charge in [-0.25, -0.2) is 0 Å². The summed E-state index contributed by atoms with van der Waals surface area (Å²) in [6.07, 6.45) is 1.41. The Morgan fingerprint density at radius 1 is 1.36 bits per heavy atom. The Hall–Kier alpha value is -2.38. The number of nitrogens with zero attached hydrogens (tertiary/aromatic N) is 1. The van der Waals surface area contributed by atoms with Gasteiger partial charge in [-0.2, -0.15) is 11.3 Å². The molecule has 1 aromatic carbocycles. The third kappa shape index (κ3) is 5.81. The average Bonchev–Trinajstić information content (AvgIpc) is 3.42. The second-order valence-electron chi connectivity index (χ2n) is 6.96. The number of carbonyl (C=O) groups excluding carboxylic acids is 1. The van der Waals surface area contributed by atoms with Crippen molar-refractivity contribution in [1.82, 2.24) is 10.6 Å². The monoisotopic (exact) mass is 400 g/mol. The molecule has 1 aromatic heterocycles. The first-order valence-electron chi connectivity index (χ1n) is 9.63. The standard InChI is InChI=1S/C21H28N4O2S/c1-15(17-8-10-28-14-17)12-23-21(22-2)24-13-16-5-3-6-18(11-16)25-20(26)19-7-4-9-27-19/h3,5-6,8,10-11,14-15,19H,4,7,9,12-13H2,1-2H3,(H,25,26)(H2,22,23,24). The molecule has 0 saturated carbocycles. The summed E-state index contributed by atoms with van der Waals surface area (Å²) in [5.41, 5.74) is 3.19. The number of hydrogen-bond donors (Lipinski definition) is 3. The Morgan fingerprint density at radius 3 is 2.96 bits per heavy atom. The minimum atomic E-state index is -0.324. The molecule has 2 aromatic rings. The van der Waals surface area contributed by atoms with E-state index < -0.39 is 0 Å². The number of nitrogens with one attached hydrogen (secondary N) is 3. The lowest BCUT2D eigenvalue weighted by molar-refractivity contribution is -0.124. The molecule has 1 amide bonds. The Kier molecular flexibility index (Phi) is 7.45. The zero-order chi connectivity index (χ0) is 19.8. The molecule has 6 nitrogen and oxygen atoms in total. The fourth-order valence-corrected chi connectivity index (χ4v) is 3.88. The molecular weight excluding hydrogens is 372 g/mol. The van der Waals surface area contributed by atoms with Gasteiger partial charge in [0.1, 0.15) is 6.10 Å². The van der Waals surface area contributed by atoms with Crippen LogP contribution in [0.2, 0.25) is 0 Å². The van der Waals surface area contributed by atoms with Gasteiger partial charge in [-0.15, -0.1) is 0 Å². The zero-order valence-electron chi connectivity index (χ0n) is 16.4. The fourth-order valence-electron chi connectivity index (χ4n) is 3.10. The number of amides is 1. The summed E-state index contributed by atoms with van der Waals surface area (Å²) in [5.74, 6) is 1.11. The highest BCUT2D eigenvalue weighted by Gasteiger charge is 2.23. The number of aliphatic imine (C=N–C) groups is 1. The van der Waals surface area contributed by atoms with Crippen molar-refractivity contribution >= 4 is 28.9 Å². The molecule has 1 aliphatic heterocycles. The number of carbonyl (C=O) groups is 1. The molecule has 2 atom stereocenters. The number of benzene rings is 1. The quantitative estimate of drug-likeness (QED) is 0.492. The van der Waals surface area contributed by atoms with E-state index in [0.29, 0.717) is 19.1 Å². The second kappa shape index (κ2) is 10.2. The van der Waals surface area contributed by atoms with Crippen LogP contribution in [-0.4, -0.2) is 38.2 Å². The molecule has 2 heterocycles. The smallest absolute Gasteiger partial charge is 0.253 e. The van der Waals surface area contributed by atoms with Crippen molar-refractivity contribution in [3.8, 4) is 0 Å². The number of guanidine groups is 1. The van der Waals surface area contributed by atoms with E-state index in [1.54, 1.807) is 18.4 Å². The molecule has 3 N–H and O–H groups in total. The molecule has 1 aliphatic rings. The van der Waals surface area contributed by atoms with Crippen LogP contribution in [0.1, 0.15) is 36.8 Å². The van der Waals surface area contributed by atoms with E-state index in [2.05, 4.69) is 44.7 Å². The van der Waals surface area contributed by atoms with Gasteiger partial charge in [0.2, 0.25) is 0 Å². The van der Waals surface area contributed by atoms with Crippen LogP contribution >= 0.6 is 11.3 Å². The SMILES string of the molecule is CN=C(NCc1cccc(NC(=O)C2CCCO2)c1)NCC(C)c1ccsc1. The minimum absolute atomic E-state index is 0.0671. The molecular formula is C21H28N4O2S. The van der Waals surface area contributed by atoms with Crippen LogP contribution in [0.25, 0.3) is 0 Å². The molecule has 0 spiro atoms. The van der Waals surface area contributed by atoms with Crippen LogP contribution in [0.5, 0.6) is 0 Å². The van der Waals surface area contributed by atoms with Gasteiger partial charge in [0, 0.05) is 32.4 Å². The summed E-state index contributed by atoms with van der Waals surface area (Å²) in [6, 6.07) is 9.99. The number of rotatable bonds is 7. The van der Waals surface area contributed by atoms with Crippen molar-refractivity contribution in [1.29, 1.82) is 0 Å². The molecule has 28 heavy (non-hydrogen) atoms. The fraction of sp³-hybridized carbons (Fsp3) is 0.429. The summed E-state index contributed by atoms with van der Waals surface area (Å²) >= 11 is 1.72. The van der Waals surface area contributed by atoms with Crippen molar-refractivity contribution in [3.63, 3.8) is 0 Å². The van der Waals surface area contributed by atoms with Crippen molar-refractivity contribution in [3.05, 3.63) is 52.2 Å². The predicted molar refractivity (Wildman–Crippen MR) is 115 cm³/mol. The first-order chi connectivity index (χ1) is 13.7. The Balaban J connectivity index is 1.48. The molecule has 0 aliphatic carbocycles. The van der Waals surface area contributed by atoms with Crippen molar-refractivity contribution in [2.24, 2.45) is 4.99 Å². The molecule has 1 saturated heterocycles. The van der Waals surface area contributed by atoms with Crippen molar-refractivity contribution < 1.29 is 9.53 Å². The number of thiophene rings is 1. The normalized spacial score (nSPS) is 17.9. The maximum atomic E-state index is 12.2. The van der Waals surface area contributed by atoms with E-state index in [9.17, 15) is 4.79 Å². The Bertz CT molecular complexity index is 785. The van der Waals surface area contributed by atoms with Crippen LogP contribution in [-0.2, 0) is 16.1 Å². The summed E-state index contributed by atoms with van der Waals surface area (Å²) in [4.78, 5) is 16.5. The van der Waals surface area contributed by atoms with Gasteiger partial charge < -0.3 is 20.7 Å². The summed E-state index contributed by atoms with van der Waals surface area (Å²) in [5, 5.41) is 13.9. The number of hydrogen-bond acceptors (Lipinski definition) is 4. The lowest BCUT2D eigenvalue weighted by Gasteiger charge is -2.16. The van der Waals surface area contributed by atoms with E-state index in [-0.39, 0.29) is 12.0 Å². The third-order valence-corrected chi connectivity index (χ3v) is 5.49. The summed E-state index contributed by atoms with van der Waals surface area (Å²) < 4.78 is 5.44. The van der Waals surface area contributed by atoms with Gasteiger partial charge in [-0.1, -0.05) is 19.1 Å². The van der Waals surface area contributed by atoms with E-state index in [1.807, 2.05) is 24.3 Å². The first-order valence-corrected chi connectivity index (χ1v) is 10.6. The highest BCUT2D eigenvalue weighted by atomic mass is 32.1. The van der Waals surface area contributed by atoms with E-state index >= 15 is 0 Å². The molecule has 1 fully saturated rings. The van der Waals surface area contributed by atoms with Crippen LogP contribution in [0, 0.1) is 0 Å². The van der Waals surface area contributed by atoms with Gasteiger partial charge in [0.05, 0.1) is 0 Å². The summed E-state index contributed by atoms with van der Waals surface area (Å²) in [6.45, 7) is 4.30. The minimum Gasteiger partial charge on any atom is -0.368 e. The molecule has 7 heteroatoms. The highest BCUT2D eigenvalue weighted by molar-refractivity contribution is 7.07. The largest absolute Gasteiger partial charge is 0.368 e. The van der Waals surface area contributed by atoms with E-state index in [0.717, 1.165) is 36.6 Å². The molecule has 2 unspecified atom stereocenters. The molecule has 3 rings (SSSR count). The van der Waals surface area contributed by atoms with E-state index in [1.165, 1.54) is 5.56 Å². The van der Waals surface area contributed by atoms with Crippen LogP contribution in [0.3, 0.4) is 0 Å². The van der Waals surface area contributed by atoms with Crippen molar-refractivity contribution in [2.75, 3.05) is 25.5 Å². The predicted octanol–water partition coefficient (Wildman–Crippen LogP) is 3.33. The van der Waals surface area contributed by atoms with Crippen LogP contribution in [0.15, 0.2) is 46.1 Å². The maximum absolute atomic E-state index is 12.2. The Labute approximate surface area is 170 Å². The van der Waals surface area contributed by atoms with Crippen molar-refractivity contribution in [2.45, 2.75) is 38.3 Å². The third-order valence-electron chi connectivity index (χ3n) is 4.79. The summed E-state index contributed by atoms with van der Waals surface area (Å²) in [7, 11) is 1.77. The Morgan fingerprint density at radius 2 is 2.25 bits per heavy atom. The lowest BCUT2D eigenvalue weighted by Crippen LogP contribution is -2.38. The van der Waals surface area contributed by atoms with E-state index in [4.69, 9.17) is 4.74 Å². The van der Waals surface area contributed by atoms with Crippen LogP contribution < -0.4 is 16.0 Å². The van der Waals surface area contributed by atoms with Gasteiger partial charge in [0.15, 0.2) is 5.96 Å². The second-order valence-corrected chi connectivity index (χ2v) is 7.74. The lowest BCUT2D eigenvalue weighted by atomic mass is 10.1. The number of anilines is 1. The van der Waals surface area contributed by atoms with Gasteiger partial charge in [0.25, 0.3) is 5.91 Å². The highest BCUT2D eigenvalue weighted by Crippen LogP contribution is 2.17. The van der Waals surface area contributed by atoms with Gasteiger partial charge in [-0.05, 0) is 58.8 Å². The number of ether oxygens (including phenoxy) is 1. The molecule has 150 valence electrons.